The van der Waals surface area contributed by atoms with Crippen LogP contribution in [0.15, 0.2) is 24.8 Å². The molecule has 27 heavy (non-hydrogen) atoms. The van der Waals surface area contributed by atoms with Gasteiger partial charge in [0.2, 0.25) is 0 Å². The summed E-state index contributed by atoms with van der Waals surface area (Å²) in [5.74, 6) is 1.63. The van der Waals surface area contributed by atoms with Gasteiger partial charge in [-0.2, -0.15) is 8.78 Å². The van der Waals surface area contributed by atoms with E-state index in [0.717, 1.165) is 35.4 Å². The fourth-order valence-corrected chi connectivity index (χ4v) is 5.07. The van der Waals surface area contributed by atoms with Crippen molar-refractivity contribution in [1.82, 2.24) is 0 Å². The lowest BCUT2D eigenvalue weighted by Crippen LogP contribution is -2.38. The van der Waals surface area contributed by atoms with Crippen LogP contribution in [0.4, 0.5) is 8.78 Å². The highest BCUT2D eigenvalue weighted by atomic mass is 19.3. The molecule has 1 aromatic rings. The van der Waals surface area contributed by atoms with Crippen LogP contribution in [0.3, 0.4) is 0 Å². The highest BCUT2D eigenvalue weighted by Crippen LogP contribution is 2.45. The summed E-state index contributed by atoms with van der Waals surface area (Å²) in [6.45, 7) is 9.81. The molecule has 0 bridgehead atoms. The molecule has 1 nitrogen and oxygen atoms in total. The number of alkyl halides is 2. The van der Waals surface area contributed by atoms with Gasteiger partial charge in [-0.1, -0.05) is 6.08 Å². The normalized spacial score (nSPS) is 29.4. The van der Waals surface area contributed by atoms with Gasteiger partial charge < -0.3 is 4.74 Å². The Hall–Kier alpha value is -1.38. The summed E-state index contributed by atoms with van der Waals surface area (Å²) in [5, 5.41) is 0. The number of benzene rings is 1. The van der Waals surface area contributed by atoms with E-state index in [4.69, 9.17) is 4.74 Å². The van der Waals surface area contributed by atoms with Crippen molar-refractivity contribution in [2.75, 3.05) is 0 Å². The van der Waals surface area contributed by atoms with Crippen molar-refractivity contribution < 1.29 is 13.5 Å². The summed E-state index contributed by atoms with van der Waals surface area (Å²) in [4.78, 5) is 0. The number of halogens is 2. The van der Waals surface area contributed by atoms with E-state index in [1.165, 1.54) is 25.7 Å². The number of hydrogen-bond donors (Lipinski definition) is 0. The second kappa shape index (κ2) is 8.32. The molecule has 150 valence electrons. The van der Waals surface area contributed by atoms with E-state index in [-0.39, 0.29) is 0 Å². The molecule has 0 unspecified atom stereocenters. The van der Waals surface area contributed by atoms with E-state index >= 15 is 0 Å². The van der Waals surface area contributed by atoms with E-state index in [2.05, 4.69) is 12.7 Å². The number of aryl methyl sites for hydroxylation is 2. The summed E-state index contributed by atoms with van der Waals surface area (Å²) >= 11 is 0. The van der Waals surface area contributed by atoms with Crippen molar-refractivity contribution in [1.29, 1.82) is 0 Å². The molecule has 1 aromatic carbocycles. The molecule has 3 rings (SSSR count). The summed E-state index contributed by atoms with van der Waals surface area (Å²) in [6, 6.07) is 3.47. The molecule has 0 aliphatic heterocycles. The smallest absolute Gasteiger partial charge is 0.400 e. The summed E-state index contributed by atoms with van der Waals surface area (Å²) in [7, 11) is 0. The maximum atomic E-state index is 14.8. The molecule has 0 N–H and O–H groups in total. The molecule has 0 radical (unpaired) electrons. The van der Waals surface area contributed by atoms with E-state index in [0.29, 0.717) is 30.4 Å². The first kappa shape index (κ1) is 20.4. The summed E-state index contributed by atoms with van der Waals surface area (Å²) in [5.41, 5.74) is 3.14. The quantitative estimate of drug-likeness (QED) is 0.487. The Morgan fingerprint density at radius 1 is 0.889 bits per heavy atom. The lowest BCUT2D eigenvalue weighted by atomic mass is 9.69. The van der Waals surface area contributed by atoms with E-state index in [9.17, 15) is 8.78 Å². The van der Waals surface area contributed by atoms with E-state index in [1.54, 1.807) is 12.1 Å². The van der Waals surface area contributed by atoms with Crippen molar-refractivity contribution >= 4 is 0 Å². The van der Waals surface area contributed by atoms with Gasteiger partial charge in [-0.05, 0) is 119 Å². The van der Waals surface area contributed by atoms with Crippen LogP contribution in [0.2, 0.25) is 0 Å². The maximum absolute atomic E-state index is 14.8. The van der Waals surface area contributed by atoms with Crippen molar-refractivity contribution in [3.05, 3.63) is 41.5 Å². The molecular formula is C24H34F2O. The Labute approximate surface area is 163 Å². The lowest BCUT2D eigenvalue weighted by Gasteiger charge is -2.39. The van der Waals surface area contributed by atoms with Gasteiger partial charge in [-0.15, -0.1) is 6.58 Å². The minimum atomic E-state index is -3.08. The van der Waals surface area contributed by atoms with Gasteiger partial charge in [0, 0.05) is 0 Å². The fraction of sp³-hybridized carbons (Fsp3) is 0.667. The van der Waals surface area contributed by atoms with Gasteiger partial charge in [0.05, 0.1) is 5.92 Å². The van der Waals surface area contributed by atoms with Crippen LogP contribution in [0.25, 0.3) is 0 Å². The van der Waals surface area contributed by atoms with Gasteiger partial charge >= 0.3 is 6.11 Å². The average molecular weight is 377 g/mol. The molecule has 0 heterocycles. The molecule has 2 fully saturated rings. The van der Waals surface area contributed by atoms with Gasteiger partial charge in [-0.25, -0.2) is 0 Å². The minimum absolute atomic E-state index is 0.297. The second-order valence-corrected chi connectivity index (χ2v) is 8.87. The number of rotatable bonds is 5. The van der Waals surface area contributed by atoms with Crippen LogP contribution in [0.5, 0.6) is 5.75 Å². The molecular weight excluding hydrogens is 342 g/mol. The molecule has 3 heteroatoms. The highest BCUT2D eigenvalue weighted by Gasteiger charge is 2.45. The Morgan fingerprint density at radius 3 is 1.85 bits per heavy atom. The molecule has 0 spiro atoms. The number of ether oxygens (including phenoxy) is 1. The van der Waals surface area contributed by atoms with Crippen molar-refractivity contribution in [2.45, 2.75) is 78.2 Å². The van der Waals surface area contributed by atoms with Crippen LogP contribution in [-0.4, -0.2) is 6.11 Å². The molecule has 0 aromatic heterocycles. The Bertz CT molecular complexity index is 627. The van der Waals surface area contributed by atoms with E-state index in [1.807, 2.05) is 20.8 Å². The predicted molar refractivity (Wildman–Crippen MR) is 107 cm³/mol. The summed E-state index contributed by atoms with van der Waals surface area (Å²) in [6.07, 6.45) is 6.89. The zero-order chi connectivity index (χ0) is 19.6. The average Bonchev–Trinajstić information content (AvgIpc) is 2.66. The van der Waals surface area contributed by atoms with Gasteiger partial charge in [-0.3, -0.25) is 0 Å². The fourth-order valence-electron chi connectivity index (χ4n) is 5.07. The Kier molecular flexibility index (Phi) is 6.28. The van der Waals surface area contributed by atoms with Crippen LogP contribution in [-0.2, 0) is 0 Å². The Morgan fingerprint density at radius 2 is 1.37 bits per heavy atom. The van der Waals surface area contributed by atoms with Crippen LogP contribution in [0.1, 0.15) is 68.1 Å². The van der Waals surface area contributed by atoms with Crippen LogP contribution in [0, 0.1) is 44.4 Å². The topological polar surface area (TPSA) is 9.23 Å². The SMILES string of the molecule is C=CC1CCC(C2CCC(C(F)(F)Oc3cc(C)c(C)c(C)c3)CC2)CC1. The van der Waals surface area contributed by atoms with Crippen LogP contribution >= 0.6 is 0 Å². The summed E-state index contributed by atoms with van der Waals surface area (Å²) < 4.78 is 34.8. The molecule has 0 saturated heterocycles. The first-order chi connectivity index (χ1) is 12.8. The zero-order valence-electron chi connectivity index (χ0n) is 17.1. The number of allylic oxidation sites excluding steroid dienone is 1. The minimum Gasteiger partial charge on any atom is -0.432 e. The first-order valence-corrected chi connectivity index (χ1v) is 10.6. The van der Waals surface area contributed by atoms with Gasteiger partial charge in [0.15, 0.2) is 0 Å². The predicted octanol–water partition coefficient (Wildman–Crippen LogP) is 7.38. The Balaban J connectivity index is 1.56. The van der Waals surface area contributed by atoms with Gasteiger partial charge in [0.25, 0.3) is 0 Å². The molecule has 2 aliphatic carbocycles. The molecule has 0 amide bonds. The molecule has 0 atom stereocenters. The third kappa shape index (κ3) is 4.73. The second-order valence-electron chi connectivity index (χ2n) is 8.87. The van der Waals surface area contributed by atoms with Crippen molar-refractivity contribution in [2.24, 2.45) is 23.7 Å². The zero-order valence-corrected chi connectivity index (χ0v) is 17.1. The van der Waals surface area contributed by atoms with Crippen LogP contribution < -0.4 is 4.74 Å². The van der Waals surface area contributed by atoms with Gasteiger partial charge in [0.1, 0.15) is 5.75 Å². The highest BCUT2D eigenvalue weighted by molar-refractivity contribution is 5.40. The van der Waals surface area contributed by atoms with E-state index < -0.39 is 12.0 Å². The van der Waals surface area contributed by atoms with Crippen molar-refractivity contribution in [3.8, 4) is 5.75 Å². The van der Waals surface area contributed by atoms with Crippen molar-refractivity contribution in [3.63, 3.8) is 0 Å². The first-order valence-electron chi connectivity index (χ1n) is 10.6. The molecule has 2 saturated carbocycles. The number of hydrogen-bond acceptors (Lipinski definition) is 1. The monoisotopic (exact) mass is 376 g/mol. The standard InChI is InChI=1S/C24H34F2O/c1-5-19-6-8-20(9-7-19)21-10-12-22(13-11-21)24(25,26)27-23-14-16(2)18(4)17(3)15-23/h5,14-15,19-22H,1,6-13H2,2-4H3. The largest absolute Gasteiger partial charge is 0.432 e. The third-order valence-corrected chi connectivity index (χ3v) is 7.22. The maximum Gasteiger partial charge on any atom is 0.400 e. The third-order valence-electron chi connectivity index (χ3n) is 7.22. The lowest BCUT2D eigenvalue weighted by molar-refractivity contribution is -0.224. The molecule has 2 aliphatic rings.